The Morgan fingerprint density at radius 3 is 1.76 bits per heavy atom. The van der Waals surface area contributed by atoms with Gasteiger partial charge in [-0.05, 0) is 49.9 Å². The standard InChI is InChI=1S/C28H33N3O2/c1-28(2,23-17-10-5-11-18-23)31-26(32)24(19-12-20-29)30-27(33)25(21-13-6-3-7-14-21)22-15-8-4-9-16-22/h3-11,13-18,24-25H,12,19-20,29H2,1-2H3,(H,30,33)(H,31,32)/t24-/m1/s1. The second-order valence-corrected chi connectivity index (χ2v) is 8.73. The van der Waals surface area contributed by atoms with Crippen LogP contribution < -0.4 is 16.4 Å². The van der Waals surface area contributed by atoms with Gasteiger partial charge in [0, 0.05) is 0 Å². The van der Waals surface area contributed by atoms with Gasteiger partial charge in [-0.3, -0.25) is 9.59 Å². The molecule has 0 bridgehead atoms. The molecule has 3 rings (SSSR count). The van der Waals surface area contributed by atoms with Gasteiger partial charge in [0.1, 0.15) is 6.04 Å². The molecule has 0 spiro atoms. The van der Waals surface area contributed by atoms with Crippen molar-refractivity contribution in [1.29, 1.82) is 0 Å². The third kappa shape index (κ3) is 6.53. The molecule has 33 heavy (non-hydrogen) atoms. The van der Waals surface area contributed by atoms with Crippen molar-refractivity contribution in [2.75, 3.05) is 6.54 Å². The predicted octanol–water partition coefficient (Wildman–Crippen LogP) is 4.09. The van der Waals surface area contributed by atoms with Crippen LogP contribution in [-0.4, -0.2) is 24.4 Å². The van der Waals surface area contributed by atoms with E-state index in [1.165, 1.54) is 0 Å². The second-order valence-electron chi connectivity index (χ2n) is 8.73. The zero-order valence-corrected chi connectivity index (χ0v) is 19.3. The number of nitrogens with one attached hydrogen (secondary N) is 2. The minimum Gasteiger partial charge on any atom is -0.345 e. The Balaban J connectivity index is 1.83. The number of nitrogens with two attached hydrogens (primary N) is 1. The Morgan fingerprint density at radius 1 is 0.788 bits per heavy atom. The third-order valence-electron chi connectivity index (χ3n) is 5.79. The van der Waals surface area contributed by atoms with Gasteiger partial charge in [-0.2, -0.15) is 0 Å². The van der Waals surface area contributed by atoms with E-state index in [0.717, 1.165) is 16.7 Å². The zero-order chi connectivity index (χ0) is 23.7. The highest BCUT2D eigenvalue weighted by atomic mass is 16.2. The highest BCUT2D eigenvalue weighted by molar-refractivity contribution is 5.92. The van der Waals surface area contributed by atoms with Crippen LogP contribution in [-0.2, 0) is 15.1 Å². The Hall–Kier alpha value is -3.44. The topological polar surface area (TPSA) is 84.2 Å². The fraction of sp³-hybridized carbons (Fsp3) is 0.286. The molecular formula is C28H33N3O2. The molecule has 0 radical (unpaired) electrons. The number of hydrogen-bond donors (Lipinski definition) is 3. The number of hydrogen-bond acceptors (Lipinski definition) is 3. The van der Waals surface area contributed by atoms with Crippen LogP contribution in [0, 0.1) is 0 Å². The predicted molar refractivity (Wildman–Crippen MR) is 133 cm³/mol. The highest BCUT2D eigenvalue weighted by Gasteiger charge is 2.31. The van der Waals surface area contributed by atoms with Crippen molar-refractivity contribution in [2.24, 2.45) is 5.73 Å². The SMILES string of the molecule is CC(C)(NC(=O)[C@@H](CCCN)NC(=O)C(c1ccccc1)c1ccccc1)c1ccccc1. The Kier molecular flexibility index (Phi) is 8.39. The first-order valence-corrected chi connectivity index (χ1v) is 11.4. The molecule has 4 N–H and O–H groups in total. The minimum atomic E-state index is -0.682. The van der Waals surface area contributed by atoms with Crippen molar-refractivity contribution >= 4 is 11.8 Å². The van der Waals surface area contributed by atoms with Crippen molar-refractivity contribution in [3.63, 3.8) is 0 Å². The van der Waals surface area contributed by atoms with Crippen molar-refractivity contribution in [3.8, 4) is 0 Å². The summed E-state index contributed by atoms with van der Waals surface area (Å²) in [6.07, 6.45) is 1.10. The number of rotatable bonds is 10. The molecule has 0 fully saturated rings. The van der Waals surface area contributed by atoms with Gasteiger partial charge in [0.2, 0.25) is 11.8 Å². The third-order valence-corrected chi connectivity index (χ3v) is 5.79. The van der Waals surface area contributed by atoms with Gasteiger partial charge in [-0.25, -0.2) is 0 Å². The number of amides is 2. The smallest absolute Gasteiger partial charge is 0.243 e. The number of carbonyl (C=O) groups is 2. The van der Waals surface area contributed by atoms with Gasteiger partial charge in [-0.15, -0.1) is 0 Å². The molecule has 0 aliphatic rings. The molecule has 0 saturated heterocycles. The van der Waals surface area contributed by atoms with E-state index in [1.54, 1.807) is 0 Å². The average Bonchev–Trinajstić information content (AvgIpc) is 2.83. The van der Waals surface area contributed by atoms with Crippen molar-refractivity contribution in [2.45, 2.75) is 44.2 Å². The summed E-state index contributed by atoms with van der Waals surface area (Å²) in [5, 5.41) is 6.13. The first-order valence-electron chi connectivity index (χ1n) is 11.4. The van der Waals surface area contributed by atoms with Gasteiger partial charge < -0.3 is 16.4 Å². The van der Waals surface area contributed by atoms with Crippen molar-refractivity contribution < 1.29 is 9.59 Å². The van der Waals surface area contributed by atoms with E-state index in [4.69, 9.17) is 5.73 Å². The van der Waals surface area contributed by atoms with Crippen molar-refractivity contribution in [3.05, 3.63) is 108 Å². The zero-order valence-electron chi connectivity index (χ0n) is 19.3. The summed E-state index contributed by atoms with van der Waals surface area (Å²) >= 11 is 0. The van der Waals surface area contributed by atoms with E-state index < -0.39 is 17.5 Å². The summed E-state index contributed by atoms with van der Waals surface area (Å²) < 4.78 is 0. The Labute approximate surface area is 196 Å². The highest BCUT2D eigenvalue weighted by Crippen LogP contribution is 2.25. The van der Waals surface area contributed by atoms with Crippen LogP contribution in [0.3, 0.4) is 0 Å². The number of benzene rings is 3. The maximum Gasteiger partial charge on any atom is 0.243 e. The lowest BCUT2D eigenvalue weighted by Crippen LogP contribution is -2.53. The van der Waals surface area contributed by atoms with Gasteiger partial charge in [0.05, 0.1) is 11.5 Å². The molecule has 0 heterocycles. The molecular weight excluding hydrogens is 410 g/mol. The summed E-state index contributed by atoms with van der Waals surface area (Å²) in [6.45, 7) is 4.36. The average molecular weight is 444 g/mol. The summed E-state index contributed by atoms with van der Waals surface area (Å²) in [5.41, 5.74) is 7.89. The van der Waals surface area contributed by atoms with Crippen molar-refractivity contribution in [1.82, 2.24) is 10.6 Å². The van der Waals surface area contributed by atoms with E-state index in [-0.39, 0.29) is 11.8 Å². The van der Waals surface area contributed by atoms with Crippen LogP contribution in [0.5, 0.6) is 0 Å². The second kappa shape index (κ2) is 11.4. The van der Waals surface area contributed by atoms with Gasteiger partial charge in [0.15, 0.2) is 0 Å². The molecule has 2 amide bonds. The van der Waals surface area contributed by atoms with Crippen LogP contribution in [0.2, 0.25) is 0 Å². The summed E-state index contributed by atoms with van der Waals surface area (Å²) in [4.78, 5) is 26.8. The minimum absolute atomic E-state index is 0.206. The van der Waals surface area contributed by atoms with E-state index in [1.807, 2.05) is 105 Å². The monoisotopic (exact) mass is 443 g/mol. The maximum absolute atomic E-state index is 13.5. The fourth-order valence-corrected chi connectivity index (χ4v) is 3.95. The van der Waals surface area contributed by atoms with Crippen LogP contribution in [0.25, 0.3) is 0 Å². The summed E-state index contributed by atoms with van der Waals surface area (Å²) in [7, 11) is 0. The van der Waals surface area contributed by atoms with Crippen LogP contribution in [0.15, 0.2) is 91.0 Å². The van der Waals surface area contributed by atoms with Crippen LogP contribution in [0.4, 0.5) is 0 Å². The van der Waals surface area contributed by atoms with Crippen LogP contribution >= 0.6 is 0 Å². The van der Waals surface area contributed by atoms with E-state index in [2.05, 4.69) is 10.6 Å². The molecule has 0 unspecified atom stereocenters. The number of carbonyl (C=O) groups excluding carboxylic acids is 2. The van der Waals surface area contributed by atoms with E-state index >= 15 is 0 Å². The molecule has 5 heteroatoms. The largest absolute Gasteiger partial charge is 0.345 e. The summed E-state index contributed by atoms with van der Waals surface area (Å²) in [5.74, 6) is -0.935. The first-order chi connectivity index (χ1) is 15.9. The van der Waals surface area contributed by atoms with Gasteiger partial charge in [-0.1, -0.05) is 91.0 Å². The summed E-state index contributed by atoms with van der Waals surface area (Å²) in [6, 6.07) is 28.4. The molecule has 3 aromatic carbocycles. The molecule has 1 atom stereocenters. The van der Waals surface area contributed by atoms with Gasteiger partial charge >= 0.3 is 0 Å². The van der Waals surface area contributed by atoms with E-state index in [0.29, 0.717) is 19.4 Å². The van der Waals surface area contributed by atoms with Gasteiger partial charge in [0.25, 0.3) is 0 Å². The van der Waals surface area contributed by atoms with E-state index in [9.17, 15) is 9.59 Å². The molecule has 0 saturated carbocycles. The lowest BCUT2D eigenvalue weighted by molar-refractivity contribution is -0.130. The lowest BCUT2D eigenvalue weighted by Gasteiger charge is -2.30. The molecule has 0 aromatic heterocycles. The molecule has 3 aromatic rings. The Morgan fingerprint density at radius 2 is 1.27 bits per heavy atom. The normalized spacial score (nSPS) is 12.2. The molecule has 0 aliphatic carbocycles. The maximum atomic E-state index is 13.5. The Bertz CT molecular complexity index is 981. The molecule has 0 aliphatic heterocycles. The van der Waals surface area contributed by atoms with Crippen LogP contribution in [0.1, 0.15) is 49.3 Å². The lowest BCUT2D eigenvalue weighted by atomic mass is 9.90. The quantitative estimate of drug-likeness (QED) is 0.441. The molecule has 172 valence electrons. The fourth-order valence-electron chi connectivity index (χ4n) is 3.95. The first kappa shape index (κ1) is 24.2. The molecule has 5 nitrogen and oxygen atoms in total.